The first-order valence-corrected chi connectivity index (χ1v) is 6.37. The van der Waals surface area contributed by atoms with Gasteiger partial charge in [0.25, 0.3) is 0 Å². The molecule has 0 saturated heterocycles. The molecule has 0 atom stereocenters. The van der Waals surface area contributed by atoms with Crippen molar-refractivity contribution in [2.45, 2.75) is 0 Å². The lowest BCUT2D eigenvalue weighted by molar-refractivity contribution is 0.0600. The van der Waals surface area contributed by atoms with Crippen molar-refractivity contribution in [2.24, 2.45) is 0 Å². The van der Waals surface area contributed by atoms with Gasteiger partial charge in [-0.2, -0.15) is 0 Å². The molecule has 3 nitrogen and oxygen atoms in total. The van der Waals surface area contributed by atoms with Crippen LogP contribution in [-0.4, -0.2) is 18.9 Å². The maximum atomic E-state index is 13.1. The number of benzene rings is 2. The number of hydrogen-bond donors (Lipinski definition) is 0. The van der Waals surface area contributed by atoms with Crippen LogP contribution in [0.5, 0.6) is 0 Å². The molecule has 0 N–H and O–H groups in total. The van der Waals surface area contributed by atoms with Gasteiger partial charge in [0.15, 0.2) is 17.4 Å². The number of carbonyl (C=O) groups excluding carboxylic acids is 2. The summed E-state index contributed by atoms with van der Waals surface area (Å²) in [4.78, 5) is 23.5. The summed E-state index contributed by atoms with van der Waals surface area (Å²) in [7, 11) is 1.26. The highest BCUT2D eigenvalue weighted by atomic mass is 19.2. The minimum atomic E-state index is -1.09. The molecular formula is C17H12F2O3. The Hall–Kier alpha value is -2.82. The molecular weight excluding hydrogens is 290 g/mol. The molecule has 0 amide bonds. The average molecular weight is 302 g/mol. The van der Waals surface area contributed by atoms with Crippen LogP contribution < -0.4 is 0 Å². The van der Waals surface area contributed by atoms with Crippen molar-refractivity contribution >= 4 is 17.8 Å². The Kier molecular flexibility index (Phi) is 4.78. The molecule has 5 heteroatoms. The molecule has 0 heterocycles. The van der Waals surface area contributed by atoms with Crippen LogP contribution in [0.4, 0.5) is 8.78 Å². The molecule has 0 bridgehead atoms. The highest BCUT2D eigenvalue weighted by Crippen LogP contribution is 2.14. The molecule has 0 unspecified atom stereocenters. The zero-order chi connectivity index (χ0) is 16.1. The zero-order valence-corrected chi connectivity index (χ0v) is 11.7. The molecule has 0 radical (unpaired) electrons. The standard InChI is InChI=1S/C17H12F2O3/c1-22-17(21)13-5-3-2-4-11(13)7-9-16(20)12-6-8-14(18)15(19)10-12/h2-10H,1H3/b9-7+. The maximum Gasteiger partial charge on any atom is 0.338 e. The zero-order valence-electron chi connectivity index (χ0n) is 11.7. The lowest BCUT2D eigenvalue weighted by Crippen LogP contribution is -2.03. The van der Waals surface area contributed by atoms with E-state index in [9.17, 15) is 18.4 Å². The van der Waals surface area contributed by atoms with Crippen LogP contribution in [-0.2, 0) is 4.74 Å². The minimum absolute atomic E-state index is 0.0192. The number of esters is 1. The number of ether oxygens (including phenoxy) is 1. The lowest BCUT2D eigenvalue weighted by atomic mass is 10.0. The van der Waals surface area contributed by atoms with Gasteiger partial charge >= 0.3 is 5.97 Å². The maximum absolute atomic E-state index is 13.1. The summed E-state index contributed by atoms with van der Waals surface area (Å²) in [6.07, 6.45) is 2.62. The number of rotatable bonds is 4. The minimum Gasteiger partial charge on any atom is -0.465 e. The topological polar surface area (TPSA) is 43.4 Å². The molecule has 0 aromatic heterocycles. The lowest BCUT2D eigenvalue weighted by Gasteiger charge is -2.03. The number of hydrogen-bond acceptors (Lipinski definition) is 3. The summed E-state index contributed by atoms with van der Waals surface area (Å²) in [5.74, 6) is -3.13. The van der Waals surface area contributed by atoms with Gasteiger partial charge in [0, 0.05) is 5.56 Å². The molecule has 22 heavy (non-hydrogen) atoms. The highest BCUT2D eigenvalue weighted by Gasteiger charge is 2.10. The molecule has 0 aliphatic carbocycles. The quantitative estimate of drug-likeness (QED) is 0.492. The molecule has 2 rings (SSSR count). The summed E-state index contributed by atoms with van der Waals surface area (Å²) < 4.78 is 30.6. The summed E-state index contributed by atoms with van der Waals surface area (Å²) in [5.41, 5.74) is 0.815. The van der Waals surface area contributed by atoms with Gasteiger partial charge < -0.3 is 4.74 Å². The van der Waals surface area contributed by atoms with Gasteiger partial charge in [-0.1, -0.05) is 24.3 Å². The smallest absolute Gasteiger partial charge is 0.338 e. The van der Waals surface area contributed by atoms with Crippen LogP contribution in [0.1, 0.15) is 26.3 Å². The van der Waals surface area contributed by atoms with Crippen LogP contribution in [0.15, 0.2) is 48.5 Å². The average Bonchev–Trinajstić information content (AvgIpc) is 2.54. The second-order valence-corrected chi connectivity index (χ2v) is 4.41. The number of carbonyl (C=O) groups is 2. The van der Waals surface area contributed by atoms with Crippen LogP contribution in [0.3, 0.4) is 0 Å². The molecule has 0 saturated carbocycles. The molecule has 112 valence electrons. The predicted octanol–water partition coefficient (Wildman–Crippen LogP) is 3.65. The Labute approximate surface area is 125 Å². The first kappa shape index (κ1) is 15.6. The monoisotopic (exact) mass is 302 g/mol. The van der Waals surface area contributed by atoms with E-state index in [1.165, 1.54) is 25.3 Å². The second kappa shape index (κ2) is 6.76. The highest BCUT2D eigenvalue weighted by molar-refractivity contribution is 6.07. The number of allylic oxidation sites excluding steroid dienone is 1. The Bertz CT molecular complexity index is 751. The van der Waals surface area contributed by atoms with Crippen molar-refractivity contribution in [1.29, 1.82) is 0 Å². The largest absolute Gasteiger partial charge is 0.465 e. The van der Waals surface area contributed by atoms with E-state index in [-0.39, 0.29) is 5.56 Å². The first-order valence-electron chi connectivity index (χ1n) is 6.37. The van der Waals surface area contributed by atoms with E-state index in [0.717, 1.165) is 12.1 Å². The van der Waals surface area contributed by atoms with Gasteiger partial charge in [-0.15, -0.1) is 0 Å². The molecule has 2 aromatic carbocycles. The van der Waals surface area contributed by atoms with E-state index in [0.29, 0.717) is 11.1 Å². The van der Waals surface area contributed by atoms with Crippen molar-refractivity contribution in [1.82, 2.24) is 0 Å². The fourth-order valence-electron chi connectivity index (χ4n) is 1.85. The van der Waals surface area contributed by atoms with Crippen molar-refractivity contribution in [3.05, 3.63) is 76.9 Å². The van der Waals surface area contributed by atoms with Gasteiger partial charge in [0.05, 0.1) is 12.7 Å². The summed E-state index contributed by atoms with van der Waals surface area (Å²) in [5, 5.41) is 0. The molecule has 0 aliphatic rings. The second-order valence-electron chi connectivity index (χ2n) is 4.41. The Morgan fingerprint density at radius 2 is 1.77 bits per heavy atom. The third-order valence-corrected chi connectivity index (χ3v) is 2.98. The van der Waals surface area contributed by atoms with Gasteiger partial charge in [0.2, 0.25) is 0 Å². The Morgan fingerprint density at radius 1 is 1.05 bits per heavy atom. The number of ketones is 1. The van der Waals surface area contributed by atoms with Gasteiger partial charge in [-0.05, 0) is 35.9 Å². The number of methoxy groups -OCH3 is 1. The van der Waals surface area contributed by atoms with Crippen LogP contribution >= 0.6 is 0 Å². The summed E-state index contributed by atoms with van der Waals surface area (Å²) in [6, 6.07) is 9.48. The van der Waals surface area contributed by atoms with Crippen molar-refractivity contribution < 1.29 is 23.1 Å². The van der Waals surface area contributed by atoms with Gasteiger partial charge in [-0.25, -0.2) is 13.6 Å². The summed E-state index contributed by atoms with van der Waals surface area (Å²) >= 11 is 0. The predicted molar refractivity (Wildman–Crippen MR) is 77.5 cm³/mol. The van der Waals surface area contributed by atoms with E-state index in [1.807, 2.05) is 0 Å². The Morgan fingerprint density at radius 3 is 2.45 bits per heavy atom. The van der Waals surface area contributed by atoms with Crippen molar-refractivity contribution in [3.8, 4) is 0 Å². The van der Waals surface area contributed by atoms with E-state index < -0.39 is 23.4 Å². The third kappa shape index (κ3) is 3.44. The van der Waals surface area contributed by atoms with Crippen LogP contribution in [0.25, 0.3) is 6.08 Å². The Balaban J connectivity index is 2.26. The fourth-order valence-corrected chi connectivity index (χ4v) is 1.85. The normalized spacial score (nSPS) is 10.7. The molecule has 0 spiro atoms. The molecule has 0 aliphatic heterocycles. The van der Waals surface area contributed by atoms with Gasteiger partial charge in [0.1, 0.15) is 0 Å². The molecule has 2 aromatic rings. The van der Waals surface area contributed by atoms with E-state index >= 15 is 0 Å². The van der Waals surface area contributed by atoms with Crippen molar-refractivity contribution in [2.75, 3.05) is 7.11 Å². The number of halogens is 2. The van der Waals surface area contributed by atoms with E-state index in [4.69, 9.17) is 0 Å². The van der Waals surface area contributed by atoms with Gasteiger partial charge in [-0.3, -0.25) is 4.79 Å². The summed E-state index contributed by atoms with van der Waals surface area (Å²) in [6.45, 7) is 0. The van der Waals surface area contributed by atoms with Crippen LogP contribution in [0.2, 0.25) is 0 Å². The fraction of sp³-hybridized carbons (Fsp3) is 0.0588. The SMILES string of the molecule is COC(=O)c1ccccc1/C=C/C(=O)c1ccc(F)c(F)c1. The molecule has 0 fully saturated rings. The van der Waals surface area contributed by atoms with Crippen LogP contribution in [0, 0.1) is 11.6 Å². The third-order valence-electron chi connectivity index (χ3n) is 2.98. The first-order chi connectivity index (χ1) is 10.5. The van der Waals surface area contributed by atoms with Crippen molar-refractivity contribution in [3.63, 3.8) is 0 Å². The van der Waals surface area contributed by atoms with E-state index in [2.05, 4.69) is 4.74 Å². The van der Waals surface area contributed by atoms with E-state index in [1.54, 1.807) is 24.3 Å².